The average molecular weight is 349 g/mol. The monoisotopic (exact) mass is 349 g/mol. The maximum Gasteiger partial charge on any atom is 0.228 e. The minimum atomic E-state index is -0.334. The maximum absolute atomic E-state index is 12.9. The minimum absolute atomic E-state index is 0.0416. The number of hydrogen-bond donors (Lipinski definition) is 1. The minimum Gasteiger partial charge on any atom is -0.497 e. The molecule has 2 aromatic carbocycles. The standard InChI is InChI=1S/C21H23N3O2/c1-15(16-7-5-4-6-8-16)21(25)23-19(20-22-13-14-24(20)2)17-9-11-18(26-3)12-10-17/h4-15,19H,1-3H3,(H,23,25)/t15-,19-/m1/s1. The van der Waals surface area contributed by atoms with E-state index in [9.17, 15) is 4.79 Å². The maximum atomic E-state index is 12.9. The molecule has 0 unspecified atom stereocenters. The molecule has 0 radical (unpaired) electrons. The molecule has 26 heavy (non-hydrogen) atoms. The van der Waals surface area contributed by atoms with Gasteiger partial charge in [0.2, 0.25) is 5.91 Å². The molecule has 0 bridgehead atoms. The largest absolute Gasteiger partial charge is 0.497 e. The van der Waals surface area contributed by atoms with E-state index in [1.165, 1.54) is 0 Å². The molecule has 3 aromatic rings. The third kappa shape index (κ3) is 3.77. The SMILES string of the molecule is COc1ccc([C@@H](NC(=O)[C@H](C)c2ccccc2)c2nccn2C)cc1. The molecule has 0 fully saturated rings. The molecule has 1 N–H and O–H groups in total. The Morgan fingerprint density at radius 2 is 1.77 bits per heavy atom. The summed E-state index contributed by atoms with van der Waals surface area (Å²) in [6, 6.07) is 17.1. The number of benzene rings is 2. The zero-order valence-electron chi connectivity index (χ0n) is 15.2. The van der Waals surface area contributed by atoms with Crippen LogP contribution in [0.4, 0.5) is 0 Å². The fourth-order valence-corrected chi connectivity index (χ4v) is 2.91. The Bertz CT molecular complexity index is 856. The highest BCUT2D eigenvalue weighted by atomic mass is 16.5. The van der Waals surface area contributed by atoms with E-state index in [0.29, 0.717) is 0 Å². The Morgan fingerprint density at radius 3 is 2.35 bits per heavy atom. The Kier molecular flexibility index (Phi) is 5.37. The van der Waals surface area contributed by atoms with Gasteiger partial charge in [-0.2, -0.15) is 0 Å². The number of aryl methyl sites for hydroxylation is 1. The van der Waals surface area contributed by atoms with E-state index in [0.717, 1.165) is 22.7 Å². The molecule has 5 nitrogen and oxygen atoms in total. The van der Waals surface area contributed by atoms with E-state index in [4.69, 9.17) is 4.74 Å². The van der Waals surface area contributed by atoms with Gasteiger partial charge in [-0.05, 0) is 30.2 Å². The van der Waals surface area contributed by atoms with E-state index >= 15 is 0 Å². The summed E-state index contributed by atoms with van der Waals surface area (Å²) in [5.74, 6) is 1.26. The number of carbonyl (C=O) groups is 1. The van der Waals surface area contributed by atoms with Crippen molar-refractivity contribution in [2.45, 2.75) is 18.9 Å². The van der Waals surface area contributed by atoms with Crippen molar-refractivity contribution < 1.29 is 9.53 Å². The van der Waals surface area contributed by atoms with Crippen molar-refractivity contribution in [3.8, 4) is 5.75 Å². The van der Waals surface area contributed by atoms with Crippen LogP contribution in [-0.4, -0.2) is 22.6 Å². The molecule has 0 saturated carbocycles. The summed E-state index contributed by atoms with van der Waals surface area (Å²) >= 11 is 0. The Labute approximate surface area is 153 Å². The number of nitrogens with one attached hydrogen (secondary N) is 1. The molecule has 0 aliphatic rings. The van der Waals surface area contributed by atoms with E-state index < -0.39 is 0 Å². The molecule has 0 saturated heterocycles. The van der Waals surface area contributed by atoms with Gasteiger partial charge < -0.3 is 14.6 Å². The van der Waals surface area contributed by atoms with Crippen LogP contribution in [-0.2, 0) is 11.8 Å². The second kappa shape index (κ2) is 7.87. The van der Waals surface area contributed by atoms with Gasteiger partial charge in [-0.15, -0.1) is 0 Å². The first-order valence-corrected chi connectivity index (χ1v) is 8.56. The summed E-state index contributed by atoms with van der Waals surface area (Å²) in [5.41, 5.74) is 1.94. The van der Waals surface area contributed by atoms with Gasteiger partial charge in [0.15, 0.2) is 0 Å². The van der Waals surface area contributed by atoms with Crippen molar-refractivity contribution in [1.82, 2.24) is 14.9 Å². The van der Waals surface area contributed by atoms with Crippen LogP contribution in [0.3, 0.4) is 0 Å². The first-order chi connectivity index (χ1) is 12.6. The normalized spacial score (nSPS) is 13.0. The lowest BCUT2D eigenvalue weighted by molar-refractivity contribution is -0.122. The topological polar surface area (TPSA) is 56.1 Å². The Hall–Kier alpha value is -3.08. The molecule has 0 aliphatic heterocycles. The van der Waals surface area contributed by atoms with Gasteiger partial charge in [0, 0.05) is 19.4 Å². The van der Waals surface area contributed by atoms with Crippen LogP contribution in [0.2, 0.25) is 0 Å². The number of hydrogen-bond acceptors (Lipinski definition) is 3. The summed E-state index contributed by atoms with van der Waals surface area (Å²) in [4.78, 5) is 17.3. The van der Waals surface area contributed by atoms with Gasteiger partial charge in [-0.1, -0.05) is 42.5 Å². The fourth-order valence-electron chi connectivity index (χ4n) is 2.91. The van der Waals surface area contributed by atoms with Crippen LogP contribution in [0.15, 0.2) is 67.0 Å². The smallest absolute Gasteiger partial charge is 0.228 e. The van der Waals surface area contributed by atoms with Crippen molar-refractivity contribution in [1.29, 1.82) is 0 Å². The van der Waals surface area contributed by atoms with Crippen LogP contribution < -0.4 is 10.1 Å². The number of nitrogens with zero attached hydrogens (tertiary/aromatic N) is 2. The van der Waals surface area contributed by atoms with Gasteiger partial charge in [-0.25, -0.2) is 4.98 Å². The number of ether oxygens (including phenoxy) is 1. The Balaban J connectivity index is 1.88. The number of rotatable bonds is 6. The van der Waals surface area contributed by atoms with Gasteiger partial charge in [0.1, 0.15) is 17.6 Å². The van der Waals surface area contributed by atoms with Gasteiger partial charge in [0.25, 0.3) is 0 Å². The average Bonchev–Trinajstić information content (AvgIpc) is 3.11. The quantitative estimate of drug-likeness (QED) is 0.742. The van der Waals surface area contributed by atoms with Crippen molar-refractivity contribution in [2.75, 3.05) is 7.11 Å². The van der Waals surface area contributed by atoms with E-state index in [1.807, 2.05) is 79.3 Å². The van der Waals surface area contributed by atoms with Crippen molar-refractivity contribution in [2.24, 2.45) is 7.05 Å². The van der Waals surface area contributed by atoms with Crippen LogP contribution in [0.1, 0.15) is 35.8 Å². The van der Waals surface area contributed by atoms with Crippen LogP contribution in [0.5, 0.6) is 5.75 Å². The van der Waals surface area contributed by atoms with Gasteiger partial charge in [0.05, 0.1) is 13.0 Å². The molecule has 1 aromatic heterocycles. The van der Waals surface area contributed by atoms with Crippen LogP contribution >= 0.6 is 0 Å². The third-order valence-corrected chi connectivity index (χ3v) is 4.55. The molecule has 134 valence electrons. The van der Waals surface area contributed by atoms with Crippen molar-refractivity contribution in [3.05, 3.63) is 83.9 Å². The molecule has 1 heterocycles. The molecule has 1 amide bonds. The summed E-state index contributed by atoms with van der Waals surface area (Å²) in [6.45, 7) is 1.91. The number of carbonyl (C=O) groups excluding carboxylic acids is 1. The summed E-state index contributed by atoms with van der Waals surface area (Å²) < 4.78 is 7.15. The van der Waals surface area contributed by atoms with Gasteiger partial charge in [-0.3, -0.25) is 4.79 Å². The van der Waals surface area contributed by atoms with E-state index in [-0.39, 0.29) is 17.9 Å². The molecule has 0 spiro atoms. The van der Waals surface area contributed by atoms with Crippen molar-refractivity contribution >= 4 is 5.91 Å². The van der Waals surface area contributed by atoms with Crippen LogP contribution in [0, 0.1) is 0 Å². The molecule has 3 rings (SSSR count). The number of aromatic nitrogens is 2. The summed E-state index contributed by atoms with van der Waals surface area (Å²) in [5, 5.41) is 3.15. The lowest BCUT2D eigenvalue weighted by Crippen LogP contribution is -2.34. The summed E-state index contributed by atoms with van der Waals surface area (Å²) in [7, 11) is 3.56. The first kappa shape index (κ1) is 17.7. The predicted molar refractivity (Wildman–Crippen MR) is 101 cm³/mol. The fraction of sp³-hybridized carbons (Fsp3) is 0.238. The third-order valence-electron chi connectivity index (χ3n) is 4.55. The molecule has 5 heteroatoms. The highest BCUT2D eigenvalue weighted by Crippen LogP contribution is 2.24. The second-order valence-electron chi connectivity index (χ2n) is 6.24. The lowest BCUT2D eigenvalue weighted by Gasteiger charge is -2.22. The number of imidazole rings is 1. The molecule has 0 aliphatic carbocycles. The number of methoxy groups -OCH3 is 1. The zero-order valence-corrected chi connectivity index (χ0v) is 15.2. The van der Waals surface area contributed by atoms with E-state index in [1.54, 1.807) is 13.3 Å². The van der Waals surface area contributed by atoms with Crippen molar-refractivity contribution in [3.63, 3.8) is 0 Å². The zero-order chi connectivity index (χ0) is 18.5. The highest BCUT2D eigenvalue weighted by Gasteiger charge is 2.24. The van der Waals surface area contributed by atoms with E-state index in [2.05, 4.69) is 10.3 Å². The molecule has 2 atom stereocenters. The highest BCUT2D eigenvalue weighted by molar-refractivity contribution is 5.83. The first-order valence-electron chi connectivity index (χ1n) is 8.56. The predicted octanol–water partition coefficient (Wildman–Crippen LogP) is 3.44. The Morgan fingerprint density at radius 1 is 1.08 bits per heavy atom. The number of amides is 1. The molecular weight excluding hydrogens is 326 g/mol. The second-order valence-corrected chi connectivity index (χ2v) is 6.24. The van der Waals surface area contributed by atoms with Gasteiger partial charge >= 0.3 is 0 Å². The lowest BCUT2D eigenvalue weighted by atomic mass is 9.99. The molecular formula is C21H23N3O2. The van der Waals surface area contributed by atoms with Crippen LogP contribution in [0.25, 0.3) is 0 Å². The summed E-state index contributed by atoms with van der Waals surface area (Å²) in [6.07, 6.45) is 3.61.